The second-order valence-corrected chi connectivity index (χ2v) is 11.0. The normalized spacial score (nSPS) is 14.0. The van der Waals surface area contributed by atoms with Gasteiger partial charge in [0.2, 0.25) is 0 Å². The van der Waals surface area contributed by atoms with Gasteiger partial charge >= 0.3 is 0 Å². The summed E-state index contributed by atoms with van der Waals surface area (Å²) in [4.78, 5) is 4.90. The van der Waals surface area contributed by atoms with Crippen molar-refractivity contribution in [1.29, 1.82) is 0 Å². The van der Waals surface area contributed by atoms with Crippen molar-refractivity contribution in [3.63, 3.8) is 0 Å². The van der Waals surface area contributed by atoms with Crippen LogP contribution in [0.5, 0.6) is 0 Å². The number of fused-ring (bicyclic) bond motifs is 8. The Morgan fingerprint density at radius 2 is 1.31 bits per heavy atom. The van der Waals surface area contributed by atoms with Crippen LogP contribution in [-0.4, -0.2) is 4.98 Å². The fraction of sp³-hybridized carbons (Fsp3) is 0.171. The fourth-order valence-corrected chi connectivity index (χ4v) is 6.27. The standard InChI is InChI=1S/C35H29N/c1-21(2)22-9-12-25-23(19-22)10-13-27-26(25)15-16-31-28(27)17-18-36-34(31)24-11-14-30-29-7-5-6-8-32(29)35(3,4)33(30)20-24/h5-21H,1-4H3. The molecule has 1 heterocycles. The number of rotatable bonds is 2. The molecule has 0 saturated heterocycles. The lowest BCUT2D eigenvalue weighted by molar-refractivity contribution is 0.660. The summed E-state index contributed by atoms with van der Waals surface area (Å²) in [7, 11) is 0. The van der Waals surface area contributed by atoms with Gasteiger partial charge in [0.25, 0.3) is 0 Å². The number of aromatic nitrogens is 1. The minimum atomic E-state index is -0.0209. The molecule has 0 fully saturated rings. The molecule has 0 radical (unpaired) electrons. The van der Waals surface area contributed by atoms with Crippen LogP contribution in [0.25, 0.3) is 54.7 Å². The summed E-state index contributed by atoms with van der Waals surface area (Å²) in [6.07, 6.45) is 1.97. The highest BCUT2D eigenvalue weighted by molar-refractivity contribution is 6.19. The van der Waals surface area contributed by atoms with E-state index in [0.29, 0.717) is 5.92 Å². The van der Waals surface area contributed by atoms with Crippen molar-refractivity contribution in [2.24, 2.45) is 0 Å². The zero-order chi connectivity index (χ0) is 24.6. The van der Waals surface area contributed by atoms with Gasteiger partial charge < -0.3 is 0 Å². The van der Waals surface area contributed by atoms with E-state index >= 15 is 0 Å². The fourth-order valence-electron chi connectivity index (χ4n) is 6.27. The molecule has 1 nitrogen and oxygen atoms in total. The van der Waals surface area contributed by atoms with E-state index in [4.69, 9.17) is 4.98 Å². The molecule has 0 aliphatic heterocycles. The molecule has 174 valence electrons. The van der Waals surface area contributed by atoms with Gasteiger partial charge in [-0.3, -0.25) is 4.98 Å². The van der Waals surface area contributed by atoms with Crippen LogP contribution in [0.4, 0.5) is 0 Å². The Hall–Kier alpha value is -3.97. The first kappa shape index (κ1) is 21.3. The van der Waals surface area contributed by atoms with Gasteiger partial charge in [0.05, 0.1) is 5.69 Å². The van der Waals surface area contributed by atoms with Crippen LogP contribution in [-0.2, 0) is 5.41 Å². The molecule has 0 atom stereocenters. The molecule has 1 heteroatoms. The van der Waals surface area contributed by atoms with Gasteiger partial charge in [-0.2, -0.15) is 0 Å². The van der Waals surface area contributed by atoms with Crippen LogP contribution in [0.3, 0.4) is 0 Å². The highest BCUT2D eigenvalue weighted by atomic mass is 14.7. The molecule has 1 aliphatic rings. The van der Waals surface area contributed by atoms with E-state index in [1.807, 2.05) is 6.20 Å². The summed E-state index contributed by atoms with van der Waals surface area (Å²) in [5.41, 5.74) is 9.09. The lowest BCUT2D eigenvalue weighted by Crippen LogP contribution is -2.14. The van der Waals surface area contributed by atoms with Gasteiger partial charge in [0.15, 0.2) is 0 Å². The Kier molecular flexibility index (Phi) is 4.45. The molecule has 1 aliphatic carbocycles. The van der Waals surface area contributed by atoms with Crippen molar-refractivity contribution in [1.82, 2.24) is 4.98 Å². The lowest BCUT2D eigenvalue weighted by Gasteiger charge is -2.22. The molecule has 0 bridgehead atoms. The number of hydrogen-bond acceptors (Lipinski definition) is 1. The molecular weight excluding hydrogens is 434 g/mol. The van der Waals surface area contributed by atoms with Crippen molar-refractivity contribution in [3.8, 4) is 22.4 Å². The van der Waals surface area contributed by atoms with Gasteiger partial charge in [-0.05, 0) is 72.8 Å². The second-order valence-electron chi connectivity index (χ2n) is 11.0. The van der Waals surface area contributed by atoms with E-state index in [1.165, 1.54) is 65.7 Å². The van der Waals surface area contributed by atoms with Crippen molar-refractivity contribution in [3.05, 3.63) is 114 Å². The van der Waals surface area contributed by atoms with Crippen LogP contribution in [0, 0.1) is 0 Å². The van der Waals surface area contributed by atoms with Gasteiger partial charge in [-0.15, -0.1) is 0 Å². The number of nitrogens with zero attached hydrogens (tertiary/aromatic N) is 1. The summed E-state index contributed by atoms with van der Waals surface area (Å²) >= 11 is 0. The van der Waals surface area contributed by atoms with E-state index in [2.05, 4.69) is 119 Å². The monoisotopic (exact) mass is 463 g/mol. The van der Waals surface area contributed by atoms with E-state index in [1.54, 1.807) is 0 Å². The Morgan fingerprint density at radius 3 is 2.17 bits per heavy atom. The summed E-state index contributed by atoms with van der Waals surface area (Å²) in [6.45, 7) is 9.18. The van der Waals surface area contributed by atoms with Gasteiger partial charge in [-0.1, -0.05) is 107 Å². The summed E-state index contributed by atoms with van der Waals surface area (Å²) in [5.74, 6) is 0.528. The third-order valence-electron chi connectivity index (χ3n) is 8.31. The minimum Gasteiger partial charge on any atom is -0.256 e. The summed E-state index contributed by atoms with van der Waals surface area (Å²) < 4.78 is 0. The van der Waals surface area contributed by atoms with Crippen molar-refractivity contribution >= 4 is 32.3 Å². The van der Waals surface area contributed by atoms with Crippen LogP contribution >= 0.6 is 0 Å². The molecule has 7 rings (SSSR count). The highest BCUT2D eigenvalue weighted by Crippen LogP contribution is 2.49. The maximum absolute atomic E-state index is 4.90. The number of benzene rings is 5. The summed E-state index contributed by atoms with van der Waals surface area (Å²) in [6, 6.07) is 33.9. The van der Waals surface area contributed by atoms with Crippen LogP contribution < -0.4 is 0 Å². The first-order valence-electron chi connectivity index (χ1n) is 12.9. The molecule has 0 unspecified atom stereocenters. The average Bonchev–Trinajstić information content (AvgIpc) is 3.13. The van der Waals surface area contributed by atoms with Gasteiger partial charge in [0, 0.05) is 22.6 Å². The largest absolute Gasteiger partial charge is 0.256 e. The van der Waals surface area contributed by atoms with Crippen molar-refractivity contribution < 1.29 is 0 Å². The first-order chi connectivity index (χ1) is 17.4. The molecule has 0 spiro atoms. The van der Waals surface area contributed by atoms with E-state index in [-0.39, 0.29) is 5.41 Å². The van der Waals surface area contributed by atoms with E-state index in [0.717, 1.165) is 5.69 Å². The predicted molar refractivity (Wildman–Crippen MR) is 154 cm³/mol. The minimum absolute atomic E-state index is 0.0209. The SMILES string of the molecule is CC(C)c1ccc2c(ccc3c4ccnc(-c5ccc6c(c5)C(C)(C)c5ccccc5-6)c4ccc23)c1. The Labute approximate surface area is 212 Å². The quantitative estimate of drug-likeness (QED) is 0.233. The van der Waals surface area contributed by atoms with Gasteiger partial charge in [-0.25, -0.2) is 0 Å². The highest BCUT2D eigenvalue weighted by Gasteiger charge is 2.35. The Bertz CT molecular complexity index is 1840. The second kappa shape index (κ2) is 7.51. The Morgan fingerprint density at radius 1 is 0.611 bits per heavy atom. The first-order valence-corrected chi connectivity index (χ1v) is 12.9. The molecule has 0 saturated carbocycles. The maximum atomic E-state index is 4.90. The molecule has 6 aromatic rings. The molecule has 36 heavy (non-hydrogen) atoms. The zero-order valence-corrected chi connectivity index (χ0v) is 21.3. The predicted octanol–water partition coefficient (Wildman–Crippen LogP) is 9.64. The molecule has 5 aromatic carbocycles. The molecule has 0 N–H and O–H groups in total. The maximum Gasteiger partial charge on any atom is 0.0780 e. The smallest absolute Gasteiger partial charge is 0.0780 e. The third kappa shape index (κ3) is 2.92. The van der Waals surface area contributed by atoms with Gasteiger partial charge in [0.1, 0.15) is 0 Å². The van der Waals surface area contributed by atoms with E-state index in [9.17, 15) is 0 Å². The molecular formula is C35H29N. The average molecular weight is 464 g/mol. The number of pyridine rings is 1. The van der Waals surface area contributed by atoms with Crippen LogP contribution in [0.2, 0.25) is 0 Å². The van der Waals surface area contributed by atoms with E-state index < -0.39 is 0 Å². The Balaban J connectivity index is 1.43. The van der Waals surface area contributed by atoms with Crippen LogP contribution in [0.1, 0.15) is 50.3 Å². The number of hydrogen-bond donors (Lipinski definition) is 0. The van der Waals surface area contributed by atoms with Crippen molar-refractivity contribution in [2.45, 2.75) is 39.0 Å². The zero-order valence-electron chi connectivity index (χ0n) is 21.3. The molecule has 1 aromatic heterocycles. The van der Waals surface area contributed by atoms with Crippen molar-refractivity contribution in [2.75, 3.05) is 0 Å². The molecule has 0 amide bonds. The summed E-state index contributed by atoms with van der Waals surface area (Å²) in [5, 5.41) is 7.68. The lowest BCUT2D eigenvalue weighted by atomic mass is 9.81. The topological polar surface area (TPSA) is 12.9 Å². The van der Waals surface area contributed by atoms with Crippen LogP contribution in [0.15, 0.2) is 97.2 Å². The third-order valence-corrected chi connectivity index (χ3v) is 8.31.